The lowest BCUT2D eigenvalue weighted by Gasteiger charge is -2.05. The van der Waals surface area contributed by atoms with Crippen LogP contribution < -0.4 is 5.32 Å². The minimum Gasteiger partial charge on any atom is -0.478 e. The number of nitrogens with one attached hydrogen (secondary N) is 1. The van der Waals surface area contributed by atoms with E-state index < -0.39 is 5.97 Å². The smallest absolute Gasteiger partial charge is 0.332 e. The molecule has 0 spiro atoms. The number of hydrogen-bond donors (Lipinski definition) is 2. The van der Waals surface area contributed by atoms with Crippen LogP contribution in [0.5, 0.6) is 0 Å². The first-order chi connectivity index (χ1) is 11.9. The highest BCUT2D eigenvalue weighted by Crippen LogP contribution is 2.14. The molecule has 0 aliphatic rings. The third-order valence-corrected chi connectivity index (χ3v) is 4.49. The first-order valence-corrected chi connectivity index (χ1v) is 10.1. The number of hydrogen-bond acceptors (Lipinski definition) is 2. The molecule has 0 aliphatic heterocycles. The first kappa shape index (κ1) is 23.7. The molecule has 2 N–H and O–H groups in total. The Bertz CT molecular complexity index is 377. The highest BCUT2D eigenvalue weighted by atomic mass is 16.4. The summed E-state index contributed by atoms with van der Waals surface area (Å²) in [5.41, 5.74) is 0.0215. The Labute approximate surface area is 154 Å². The molecule has 0 aromatic heterocycles. The molecule has 0 saturated carbocycles. The molecule has 0 unspecified atom stereocenters. The lowest BCUT2D eigenvalue weighted by molar-refractivity contribution is -0.132. The number of rotatable bonds is 17. The number of carbonyl (C=O) groups is 2. The number of amides is 1. The van der Waals surface area contributed by atoms with Crippen LogP contribution in [0.4, 0.5) is 0 Å². The number of carbonyl (C=O) groups excluding carboxylic acids is 1. The van der Waals surface area contributed by atoms with E-state index in [0.717, 1.165) is 18.8 Å². The van der Waals surface area contributed by atoms with E-state index in [0.29, 0.717) is 6.42 Å². The van der Waals surface area contributed by atoms with Gasteiger partial charge in [-0.25, -0.2) is 4.79 Å². The Morgan fingerprint density at radius 2 is 1.28 bits per heavy atom. The van der Waals surface area contributed by atoms with Gasteiger partial charge >= 0.3 is 5.97 Å². The largest absolute Gasteiger partial charge is 0.478 e. The number of unbranched alkanes of at least 4 members (excludes halogenated alkanes) is 10. The molecule has 1 amide bonds. The molecule has 0 rings (SSSR count). The molecule has 25 heavy (non-hydrogen) atoms. The fraction of sp³-hybridized carbons (Fsp3) is 0.810. The van der Waals surface area contributed by atoms with E-state index in [9.17, 15) is 9.59 Å². The van der Waals surface area contributed by atoms with Crippen LogP contribution in [0, 0.1) is 5.92 Å². The van der Waals surface area contributed by atoms with Gasteiger partial charge in [0, 0.05) is 18.5 Å². The van der Waals surface area contributed by atoms with Crippen molar-refractivity contribution < 1.29 is 14.7 Å². The monoisotopic (exact) mass is 353 g/mol. The molecule has 0 bridgehead atoms. The van der Waals surface area contributed by atoms with Crippen LogP contribution in [-0.4, -0.2) is 23.5 Å². The SMILES string of the molecule is C=C(CNC(=O)CCCCCCCCCCCCCC(C)C)C(=O)O. The van der Waals surface area contributed by atoms with Gasteiger partial charge in [-0.3, -0.25) is 4.79 Å². The second-order valence-corrected chi connectivity index (χ2v) is 7.51. The standard InChI is InChI=1S/C21H39NO3/c1-18(2)15-13-11-9-7-5-4-6-8-10-12-14-16-20(23)22-17-19(3)21(24)25/h18H,3-17H2,1-2H3,(H,22,23)(H,24,25). The van der Waals surface area contributed by atoms with Crippen molar-refractivity contribution in [1.29, 1.82) is 0 Å². The van der Waals surface area contributed by atoms with Crippen molar-refractivity contribution in [2.45, 2.75) is 97.3 Å². The average Bonchev–Trinajstić information content (AvgIpc) is 2.56. The highest BCUT2D eigenvalue weighted by Gasteiger charge is 2.06. The van der Waals surface area contributed by atoms with Crippen LogP contribution in [0.15, 0.2) is 12.2 Å². The van der Waals surface area contributed by atoms with Crippen molar-refractivity contribution in [3.8, 4) is 0 Å². The van der Waals surface area contributed by atoms with Gasteiger partial charge in [-0.1, -0.05) is 91.1 Å². The molecule has 0 aromatic carbocycles. The topological polar surface area (TPSA) is 66.4 Å². The summed E-state index contributed by atoms with van der Waals surface area (Å²) >= 11 is 0. The van der Waals surface area contributed by atoms with Crippen LogP contribution in [0.3, 0.4) is 0 Å². The Balaban J connectivity index is 3.24. The van der Waals surface area contributed by atoms with Crippen molar-refractivity contribution >= 4 is 11.9 Å². The van der Waals surface area contributed by atoms with Crippen molar-refractivity contribution in [3.05, 3.63) is 12.2 Å². The zero-order valence-corrected chi connectivity index (χ0v) is 16.4. The zero-order valence-electron chi connectivity index (χ0n) is 16.4. The summed E-state index contributed by atoms with van der Waals surface area (Å²) in [5, 5.41) is 11.2. The van der Waals surface area contributed by atoms with Gasteiger partial charge in [0.25, 0.3) is 0 Å². The summed E-state index contributed by atoms with van der Waals surface area (Å²) < 4.78 is 0. The van der Waals surface area contributed by atoms with E-state index in [1.54, 1.807) is 0 Å². The molecule has 0 radical (unpaired) electrons. The Hall–Kier alpha value is -1.32. The van der Waals surface area contributed by atoms with Gasteiger partial charge in [0.2, 0.25) is 5.91 Å². The summed E-state index contributed by atoms with van der Waals surface area (Å²) in [4.78, 5) is 22.1. The third-order valence-electron chi connectivity index (χ3n) is 4.49. The van der Waals surface area contributed by atoms with Gasteiger partial charge in [-0.05, 0) is 12.3 Å². The van der Waals surface area contributed by atoms with Crippen LogP contribution >= 0.6 is 0 Å². The summed E-state index contributed by atoms with van der Waals surface area (Å²) in [7, 11) is 0. The number of carboxylic acid groups (broad SMARTS) is 1. The molecule has 0 fully saturated rings. The average molecular weight is 354 g/mol. The molecule has 4 heteroatoms. The quantitative estimate of drug-likeness (QED) is 0.269. The maximum Gasteiger partial charge on any atom is 0.332 e. The van der Waals surface area contributed by atoms with Gasteiger partial charge < -0.3 is 10.4 Å². The molecule has 146 valence electrons. The minimum absolute atomic E-state index is 0.0215. The molecular weight excluding hydrogens is 314 g/mol. The third kappa shape index (κ3) is 17.3. The van der Waals surface area contributed by atoms with Gasteiger partial charge in [0.1, 0.15) is 0 Å². The molecule has 0 aliphatic carbocycles. The Morgan fingerprint density at radius 3 is 1.72 bits per heavy atom. The second-order valence-electron chi connectivity index (χ2n) is 7.51. The van der Waals surface area contributed by atoms with Crippen LogP contribution in [0.2, 0.25) is 0 Å². The van der Waals surface area contributed by atoms with Crippen molar-refractivity contribution in [2.24, 2.45) is 5.92 Å². The van der Waals surface area contributed by atoms with E-state index in [1.165, 1.54) is 64.2 Å². The fourth-order valence-corrected chi connectivity index (χ4v) is 2.80. The predicted octanol–water partition coefficient (Wildman–Crippen LogP) is 5.47. The zero-order chi connectivity index (χ0) is 18.9. The van der Waals surface area contributed by atoms with E-state index in [-0.39, 0.29) is 18.0 Å². The Kier molecular flexibility index (Phi) is 15.3. The second kappa shape index (κ2) is 16.2. The van der Waals surface area contributed by atoms with E-state index in [2.05, 4.69) is 25.7 Å². The predicted molar refractivity (Wildman–Crippen MR) is 105 cm³/mol. The Morgan fingerprint density at radius 1 is 0.840 bits per heavy atom. The van der Waals surface area contributed by atoms with Crippen LogP contribution in [0.25, 0.3) is 0 Å². The van der Waals surface area contributed by atoms with Crippen molar-refractivity contribution in [2.75, 3.05) is 6.54 Å². The van der Waals surface area contributed by atoms with Gasteiger partial charge in [-0.2, -0.15) is 0 Å². The molecule has 0 heterocycles. The highest BCUT2D eigenvalue weighted by molar-refractivity contribution is 5.87. The van der Waals surface area contributed by atoms with Gasteiger partial charge in [0.15, 0.2) is 0 Å². The molecule has 0 saturated heterocycles. The number of carboxylic acids is 1. The molecule has 0 atom stereocenters. The summed E-state index contributed by atoms with van der Waals surface area (Å²) in [6.07, 6.45) is 15.8. The fourth-order valence-electron chi connectivity index (χ4n) is 2.80. The van der Waals surface area contributed by atoms with E-state index >= 15 is 0 Å². The maximum absolute atomic E-state index is 11.5. The van der Waals surface area contributed by atoms with Crippen LogP contribution in [0.1, 0.15) is 97.3 Å². The van der Waals surface area contributed by atoms with Gasteiger partial charge in [-0.15, -0.1) is 0 Å². The summed E-state index contributed by atoms with van der Waals surface area (Å²) in [6.45, 7) is 8.01. The van der Waals surface area contributed by atoms with E-state index in [1.807, 2.05) is 0 Å². The summed E-state index contributed by atoms with van der Waals surface area (Å²) in [6, 6.07) is 0. The first-order valence-electron chi connectivity index (χ1n) is 10.1. The lowest BCUT2D eigenvalue weighted by atomic mass is 10.0. The van der Waals surface area contributed by atoms with Crippen molar-refractivity contribution in [3.63, 3.8) is 0 Å². The summed E-state index contributed by atoms with van der Waals surface area (Å²) in [5.74, 6) is -0.300. The maximum atomic E-state index is 11.5. The van der Waals surface area contributed by atoms with Crippen molar-refractivity contribution in [1.82, 2.24) is 5.32 Å². The lowest BCUT2D eigenvalue weighted by Crippen LogP contribution is -2.27. The van der Waals surface area contributed by atoms with Gasteiger partial charge in [0.05, 0.1) is 0 Å². The van der Waals surface area contributed by atoms with Crippen LogP contribution in [-0.2, 0) is 9.59 Å². The minimum atomic E-state index is -1.06. The normalized spacial score (nSPS) is 10.8. The number of aliphatic carboxylic acids is 1. The van der Waals surface area contributed by atoms with E-state index in [4.69, 9.17) is 5.11 Å². The molecule has 0 aromatic rings. The molecular formula is C21H39NO3. The molecule has 4 nitrogen and oxygen atoms in total.